The number of hydrogen-bond acceptors (Lipinski definition) is 3. The van der Waals surface area contributed by atoms with Gasteiger partial charge in [0.1, 0.15) is 11.5 Å². The average molecular weight is 273 g/mol. The molecule has 0 N–H and O–H groups in total. The van der Waals surface area contributed by atoms with Gasteiger partial charge in [0.25, 0.3) is 0 Å². The highest BCUT2D eigenvalue weighted by Gasteiger charge is 2.12. The van der Waals surface area contributed by atoms with E-state index >= 15 is 0 Å². The van der Waals surface area contributed by atoms with E-state index in [1.807, 2.05) is 6.92 Å². The van der Waals surface area contributed by atoms with Gasteiger partial charge < -0.3 is 9.47 Å². The molecule has 1 aromatic rings. The molecule has 4 heteroatoms. The van der Waals surface area contributed by atoms with E-state index in [4.69, 9.17) is 9.47 Å². The minimum atomic E-state index is 0.00611. The van der Waals surface area contributed by atoms with Crippen molar-refractivity contribution >= 4 is 21.7 Å². The molecular formula is C11H13BrO3. The van der Waals surface area contributed by atoms with Crippen molar-refractivity contribution in [3.63, 3.8) is 0 Å². The molecule has 0 spiro atoms. The molecule has 0 aliphatic rings. The van der Waals surface area contributed by atoms with Gasteiger partial charge >= 0.3 is 0 Å². The van der Waals surface area contributed by atoms with Crippen molar-refractivity contribution in [1.29, 1.82) is 0 Å². The lowest BCUT2D eigenvalue weighted by Gasteiger charge is -2.11. The lowest BCUT2D eigenvalue weighted by Crippen LogP contribution is -2.02. The second-order valence-electron chi connectivity index (χ2n) is 3.06. The summed E-state index contributed by atoms with van der Waals surface area (Å²) in [6.45, 7) is 1.89. The Morgan fingerprint density at radius 3 is 2.07 bits per heavy atom. The van der Waals surface area contributed by atoms with E-state index in [1.165, 1.54) is 0 Å². The maximum absolute atomic E-state index is 11.5. The van der Waals surface area contributed by atoms with E-state index in [2.05, 4.69) is 15.9 Å². The van der Waals surface area contributed by atoms with Crippen LogP contribution in [0.1, 0.15) is 15.9 Å². The molecule has 0 amide bonds. The maximum Gasteiger partial charge on any atom is 0.173 e. The van der Waals surface area contributed by atoms with Crippen molar-refractivity contribution in [2.75, 3.05) is 19.5 Å². The fourth-order valence-corrected chi connectivity index (χ4v) is 1.65. The van der Waals surface area contributed by atoms with Gasteiger partial charge in [0.05, 0.1) is 19.5 Å². The van der Waals surface area contributed by atoms with Gasteiger partial charge in [-0.15, -0.1) is 0 Å². The van der Waals surface area contributed by atoms with Gasteiger partial charge in [-0.25, -0.2) is 0 Å². The van der Waals surface area contributed by atoms with E-state index < -0.39 is 0 Å². The molecule has 3 nitrogen and oxygen atoms in total. The van der Waals surface area contributed by atoms with E-state index in [9.17, 15) is 4.79 Å². The molecule has 82 valence electrons. The number of alkyl halides is 1. The minimum Gasteiger partial charge on any atom is -0.496 e. The topological polar surface area (TPSA) is 35.5 Å². The van der Waals surface area contributed by atoms with Crippen LogP contribution in [0.3, 0.4) is 0 Å². The van der Waals surface area contributed by atoms with Crippen LogP contribution in [0.4, 0.5) is 0 Å². The summed E-state index contributed by atoms with van der Waals surface area (Å²) in [6, 6.07) is 3.45. The first-order valence-electron chi connectivity index (χ1n) is 4.45. The predicted octanol–water partition coefficient (Wildman–Crippen LogP) is 2.59. The number of carbonyl (C=O) groups is 1. The Morgan fingerprint density at radius 2 is 1.73 bits per heavy atom. The average Bonchev–Trinajstić information content (AvgIpc) is 2.28. The number of ether oxygens (including phenoxy) is 2. The molecule has 0 aliphatic carbocycles. The van der Waals surface area contributed by atoms with Crippen LogP contribution in [0.2, 0.25) is 0 Å². The predicted molar refractivity (Wildman–Crippen MR) is 62.4 cm³/mol. The Bertz CT molecular complexity index is 349. The number of methoxy groups -OCH3 is 2. The molecule has 0 unspecified atom stereocenters. The quantitative estimate of drug-likeness (QED) is 0.624. The summed E-state index contributed by atoms with van der Waals surface area (Å²) in [5.41, 5.74) is 1.48. The highest BCUT2D eigenvalue weighted by Crippen LogP contribution is 2.29. The molecule has 0 aliphatic heterocycles. The molecule has 0 saturated carbocycles. The van der Waals surface area contributed by atoms with E-state index in [-0.39, 0.29) is 5.78 Å². The Kier molecular flexibility index (Phi) is 4.15. The number of halogens is 1. The van der Waals surface area contributed by atoms with Crippen LogP contribution in [0.15, 0.2) is 12.1 Å². The van der Waals surface area contributed by atoms with Crippen LogP contribution in [-0.2, 0) is 0 Å². The van der Waals surface area contributed by atoms with Gasteiger partial charge in [0, 0.05) is 11.1 Å². The highest BCUT2D eigenvalue weighted by molar-refractivity contribution is 9.09. The van der Waals surface area contributed by atoms with Crippen LogP contribution in [0.25, 0.3) is 0 Å². The van der Waals surface area contributed by atoms with Crippen LogP contribution in [0, 0.1) is 6.92 Å². The van der Waals surface area contributed by atoms with Crippen molar-refractivity contribution in [2.24, 2.45) is 0 Å². The van der Waals surface area contributed by atoms with Gasteiger partial charge in [0.15, 0.2) is 5.78 Å². The van der Waals surface area contributed by atoms with E-state index in [1.54, 1.807) is 26.4 Å². The van der Waals surface area contributed by atoms with Crippen LogP contribution in [0.5, 0.6) is 11.5 Å². The molecule has 0 saturated heterocycles. The maximum atomic E-state index is 11.5. The summed E-state index contributed by atoms with van der Waals surface area (Å²) < 4.78 is 10.4. The van der Waals surface area contributed by atoms with Crippen molar-refractivity contribution in [1.82, 2.24) is 0 Å². The van der Waals surface area contributed by atoms with Gasteiger partial charge in [-0.2, -0.15) is 0 Å². The highest BCUT2D eigenvalue weighted by atomic mass is 79.9. The third-order valence-corrected chi connectivity index (χ3v) is 2.70. The summed E-state index contributed by atoms with van der Waals surface area (Å²) in [4.78, 5) is 11.5. The van der Waals surface area contributed by atoms with Crippen molar-refractivity contribution in [2.45, 2.75) is 6.92 Å². The molecule has 15 heavy (non-hydrogen) atoms. The molecular weight excluding hydrogens is 260 g/mol. The Morgan fingerprint density at radius 1 is 1.27 bits per heavy atom. The number of hydrogen-bond donors (Lipinski definition) is 0. The second kappa shape index (κ2) is 5.16. The summed E-state index contributed by atoms with van der Waals surface area (Å²) >= 11 is 3.13. The summed E-state index contributed by atoms with van der Waals surface area (Å²) in [5.74, 6) is 1.34. The van der Waals surface area contributed by atoms with Gasteiger partial charge in [0.2, 0.25) is 0 Å². The smallest absolute Gasteiger partial charge is 0.173 e. The first-order valence-corrected chi connectivity index (χ1v) is 5.58. The fourth-order valence-electron chi connectivity index (χ4n) is 1.32. The molecule has 0 radical (unpaired) electrons. The molecule has 0 atom stereocenters. The molecule has 0 heterocycles. The summed E-state index contributed by atoms with van der Waals surface area (Å²) in [7, 11) is 3.15. The number of carbonyl (C=O) groups excluding carboxylic acids is 1. The van der Waals surface area contributed by atoms with Gasteiger partial charge in [-0.3, -0.25) is 4.79 Å². The first kappa shape index (κ1) is 12.0. The molecule has 0 bridgehead atoms. The third kappa shape index (κ3) is 2.50. The zero-order chi connectivity index (χ0) is 11.4. The van der Waals surface area contributed by atoms with E-state index in [0.717, 1.165) is 5.56 Å². The SMILES string of the molecule is COc1cc(C(=O)CBr)cc(OC)c1C. The van der Waals surface area contributed by atoms with Crippen molar-refractivity contribution in [3.05, 3.63) is 23.3 Å². The lowest BCUT2D eigenvalue weighted by atomic mass is 10.1. The van der Waals surface area contributed by atoms with Crippen molar-refractivity contribution < 1.29 is 14.3 Å². The first-order chi connectivity index (χ1) is 7.13. The Labute approximate surface area is 97.5 Å². The molecule has 1 aromatic carbocycles. The van der Waals surface area contributed by atoms with Crippen LogP contribution < -0.4 is 9.47 Å². The van der Waals surface area contributed by atoms with Gasteiger partial charge in [-0.05, 0) is 19.1 Å². The number of benzene rings is 1. The normalized spacial score (nSPS) is 9.87. The summed E-state index contributed by atoms with van der Waals surface area (Å²) in [6.07, 6.45) is 0. The Balaban J connectivity index is 3.26. The third-order valence-electron chi connectivity index (χ3n) is 2.20. The van der Waals surface area contributed by atoms with Crippen molar-refractivity contribution in [3.8, 4) is 11.5 Å². The minimum absolute atomic E-state index is 0.00611. The standard InChI is InChI=1S/C11H13BrO3/c1-7-10(14-2)4-8(9(13)6-12)5-11(7)15-3/h4-5H,6H2,1-3H3. The zero-order valence-corrected chi connectivity index (χ0v) is 10.6. The Hall–Kier alpha value is -1.03. The van der Waals surface area contributed by atoms with Gasteiger partial charge in [-0.1, -0.05) is 15.9 Å². The summed E-state index contributed by atoms with van der Waals surface area (Å²) in [5, 5.41) is 0.294. The fraction of sp³-hybridized carbons (Fsp3) is 0.364. The zero-order valence-electron chi connectivity index (χ0n) is 8.96. The lowest BCUT2D eigenvalue weighted by molar-refractivity contribution is 0.102. The van der Waals surface area contributed by atoms with Crippen LogP contribution >= 0.6 is 15.9 Å². The second-order valence-corrected chi connectivity index (χ2v) is 3.62. The molecule has 1 rings (SSSR count). The molecule has 0 fully saturated rings. The monoisotopic (exact) mass is 272 g/mol. The van der Waals surface area contributed by atoms with Crippen LogP contribution in [-0.4, -0.2) is 25.3 Å². The van der Waals surface area contributed by atoms with E-state index in [0.29, 0.717) is 22.4 Å². The molecule has 0 aromatic heterocycles. The number of Topliss-reactive ketones (excluding diaryl/α,β-unsaturated/α-hetero) is 1. The largest absolute Gasteiger partial charge is 0.496 e. The number of rotatable bonds is 4. The number of ketones is 1.